The molecule has 0 spiro atoms. The number of nitrogens with zero attached hydrogens (tertiary/aromatic N) is 3. The van der Waals surface area contributed by atoms with E-state index in [2.05, 4.69) is 14.8 Å². The predicted molar refractivity (Wildman–Crippen MR) is 67.4 cm³/mol. The molecule has 3 rings (SSSR count). The summed E-state index contributed by atoms with van der Waals surface area (Å²) in [5.41, 5.74) is 0. The van der Waals surface area contributed by atoms with Crippen LogP contribution in [0.1, 0.15) is 6.42 Å². The van der Waals surface area contributed by atoms with Crippen molar-refractivity contribution < 1.29 is 9.53 Å². The number of esters is 1. The number of anilines is 1. The van der Waals surface area contributed by atoms with E-state index in [1.54, 1.807) is 0 Å². The third kappa shape index (κ3) is 2.18. The van der Waals surface area contributed by atoms with Gasteiger partial charge in [0.25, 0.3) is 0 Å². The molecule has 0 aliphatic carbocycles. The molecular formula is C13H17N3O2. The minimum absolute atomic E-state index is 0.0177. The fourth-order valence-electron chi connectivity index (χ4n) is 2.62. The highest BCUT2D eigenvalue weighted by Gasteiger charge is 2.34. The first-order chi connectivity index (χ1) is 8.84. The number of piperazine rings is 1. The maximum atomic E-state index is 11.5. The molecule has 0 N–H and O–H groups in total. The Morgan fingerprint density at radius 2 is 2.06 bits per heavy atom. The first-order valence-corrected chi connectivity index (χ1v) is 6.41. The molecule has 1 aromatic heterocycles. The third-order valence-corrected chi connectivity index (χ3v) is 3.64. The number of carbonyl (C=O) groups excluding carboxylic acids is 1. The van der Waals surface area contributed by atoms with Crippen LogP contribution in [0.4, 0.5) is 5.82 Å². The quantitative estimate of drug-likeness (QED) is 0.713. The van der Waals surface area contributed by atoms with Crippen LogP contribution in [0.3, 0.4) is 0 Å². The number of hydrogen-bond acceptors (Lipinski definition) is 5. The normalized spacial score (nSPS) is 25.2. The lowest BCUT2D eigenvalue weighted by molar-refractivity contribution is -0.142. The van der Waals surface area contributed by atoms with Crippen molar-refractivity contribution in [3.63, 3.8) is 0 Å². The first kappa shape index (κ1) is 11.5. The molecule has 2 aliphatic heterocycles. The molecule has 2 saturated heterocycles. The Hall–Kier alpha value is -1.62. The van der Waals surface area contributed by atoms with Gasteiger partial charge >= 0.3 is 5.97 Å². The van der Waals surface area contributed by atoms with Gasteiger partial charge in [-0.15, -0.1) is 0 Å². The van der Waals surface area contributed by atoms with Crippen molar-refractivity contribution in [1.82, 2.24) is 9.88 Å². The van der Waals surface area contributed by atoms with E-state index in [1.807, 2.05) is 24.4 Å². The van der Waals surface area contributed by atoms with E-state index < -0.39 is 0 Å². The van der Waals surface area contributed by atoms with Crippen molar-refractivity contribution in [1.29, 1.82) is 0 Å². The van der Waals surface area contributed by atoms with Crippen molar-refractivity contribution in [2.75, 3.05) is 37.7 Å². The van der Waals surface area contributed by atoms with Gasteiger partial charge in [-0.25, -0.2) is 4.98 Å². The van der Waals surface area contributed by atoms with Gasteiger partial charge in [-0.1, -0.05) is 6.07 Å². The Kier molecular flexibility index (Phi) is 3.15. The summed E-state index contributed by atoms with van der Waals surface area (Å²) in [7, 11) is 0. The van der Waals surface area contributed by atoms with Crippen molar-refractivity contribution in [3.05, 3.63) is 24.4 Å². The zero-order valence-electron chi connectivity index (χ0n) is 10.3. The minimum Gasteiger partial charge on any atom is -0.464 e. The van der Waals surface area contributed by atoms with Crippen LogP contribution in [0.2, 0.25) is 0 Å². The summed E-state index contributed by atoms with van der Waals surface area (Å²) in [5, 5.41) is 0. The third-order valence-electron chi connectivity index (χ3n) is 3.64. The van der Waals surface area contributed by atoms with Crippen molar-refractivity contribution >= 4 is 11.8 Å². The summed E-state index contributed by atoms with van der Waals surface area (Å²) in [6, 6.07) is 5.94. The fraction of sp³-hybridized carbons (Fsp3) is 0.538. The van der Waals surface area contributed by atoms with Crippen LogP contribution in [0.15, 0.2) is 24.4 Å². The summed E-state index contributed by atoms with van der Waals surface area (Å²) in [6.45, 7) is 4.21. The van der Waals surface area contributed by atoms with Crippen LogP contribution >= 0.6 is 0 Å². The Balaban J connectivity index is 1.60. The Bertz CT molecular complexity index is 416. The van der Waals surface area contributed by atoms with Gasteiger partial charge in [0.1, 0.15) is 11.9 Å². The topological polar surface area (TPSA) is 45.7 Å². The fourth-order valence-corrected chi connectivity index (χ4v) is 2.62. The standard InChI is InChI=1S/C13H17N3O2/c17-13-11(4-10-18-13)15-6-8-16(9-7-15)12-3-1-2-5-14-12/h1-3,5,11H,4,6-10H2/t11-/m0/s1. The Labute approximate surface area is 106 Å². The molecule has 2 aliphatic rings. The summed E-state index contributed by atoms with van der Waals surface area (Å²) in [5.74, 6) is 0.965. The van der Waals surface area contributed by atoms with Crippen LogP contribution in [0.5, 0.6) is 0 Å². The van der Waals surface area contributed by atoms with Gasteiger partial charge in [0.15, 0.2) is 0 Å². The Morgan fingerprint density at radius 3 is 2.67 bits per heavy atom. The zero-order chi connectivity index (χ0) is 12.4. The van der Waals surface area contributed by atoms with E-state index >= 15 is 0 Å². The van der Waals surface area contributed by atoms with E-state index in [4.69, 9.17) is 4.74 Å². The van der Waals surface area contributed by atoms with Gasteiger partial charge in [-0.3, -0.25) is 9.69 Å². The maximum absolute atomic E-state index is 11.5. The number of carbonyl (C=O) groups is 1. The molecule has 0 saturated carbocycles. The monoisotopic (exact) mass is 247 g/mol. The lowest BCUT2D eigenvalue weighted by atomic mass is 10.2. The average molecular weight is 247 g/mol. The van der Waals surface area contributed by atoms with Crippen LogP contribution in [-0.2, 0) is 9.53 Å². The molecule has 5 nitrogen and oxygen atoms in total. The van der Waals surface area contributed by atoms with Crippen LogP contribution in [0, 0.1) is 0 Å². The van der Waals surface area contributed by atoms with Crippen LogP contribution < -0.4 is 4.90 Å². The van der Waals surface area contributed by atoms with Crippen molar-refractivity contribution in [2.24, 2.45) is 0 Å². The summed E-state index contributed by atoms with van der Waals surface area (Å²) in [6.07, 6.45) is 2.65. The van der Waals surface area contributed by atoms with Gasteiger partial charge in [0.2, 0.25) is 0 Å². The maximum Gasteiger partial charge on any atom is 0.323 e. The molecular weight excluding hydrogens is 230 g/mol. The van der Waals surface area contributed by atoms with E-state index in [0.29, 0.717) is 6.61 Å². The molecule has 1 aromatic rings. The number of cyclic esters (lactones) is 1. The molecule has 1 atom stereocenters. The first-order valence-electron chi connectivity index (χ1n) is 6.41. The van der Waals surface area contributed by atoms with E-state index in [1.165, 1.54) is 0 Å². The second-order valence-corrected chi connectivity index (χ2v) is 4.68. The average Bonchev–Trinajstić information content (AvgIpc) is 2.86. The highest BCUT2D eigenvalue weighted by atomic mass is 16.5. The minimum atomic E-state index is -0.0544. The van der Waals surface area contributed by atoms with Gasteiger partial charge in [0.05, 0.1) is 6.61 Å². The number of pyridine rings is 1. The molecule has 0 aromatic carbocycles. The van der Waals surface area contributed by atoms with Crippen molar-refractivity contribution in [2.45, 2.75) is 12.5 Å². The van der Waals surface area contributed by atoms with Crippen molar-refractivity contribution in [3.8, 4) is 0 Å². The lowest BCUT2D eigenvalue weighted by Crippen LogP contribution is -2.51. The largest absolute Gasteiger partial charge is 0.464 e. The van der Waals surface area contributed by atoms with E-state index in [-0.39, 0.29) is 12.0 Å². The summed E-state index contributed by atoms with van der Waals surface area (Å²) in [4.78, 5) is 20.4. The van der Waals surface area contributed by atoms with Gasteiger partial charge in [-0.05, 0) is 12.1 Å². The lowest BCUT2D eigenvalue weighted by Gasteiger charge is -2.37. The molecule has 18 heavy (non-hydrogen) atoms. The second-order valence-electron chi connectivity index (χ2n) is 4.68. The molecule has 0 radical (unpaired) electrons. The number of hydrogen-bond donors (Lipinski definition) is 0. The highest BCUT2D eigenvalue weighted by Crippen LogP contribution is 2.18. The smallest absolute Gasteiger partial charge is 0.323 e. The van der Waals surface area contributed by atoms with E-state index in [9.17, 15) is 4.79 Å². The van der Waals surface area contributed by atoms with Crippen LogP contribution in [0.25, 0.3) is 0 Å². The number of aromatic nitrogens is 1. The number of ether oxygens (including phenoxy) is 1. The van der Waals surface area contributed by atoms with Gasteiger partial charge < -0.3 is 9.64 Å². The molecule has 0 unspecified atom stereocenters. The molecule has 96 valence electrons. The molecule has 2 fully saturated rings. The van der Waals surface area contributed by atoms with Gasteiger partial charge in [-0.2, -0.15) is 0 Å². The zero-order valence-corrected chi connectivity index (χ0v) is 10.3. The molecule has 0 bridgehead atoms. The number of rotatable bonds is 2. The molecule has 3 heterocycles. The summed E-state index contributed by atoms with van der Waals surface area (Å²) >= 11 is 0. The molecule has 0 amide bonds. The predicted octanol–water partition coefficient (Wildman–Crippen LogP) is 0.519. The highest BCUT2D eigenvalue weighted by molar-refractivity contribution is 5.77. The second kappa shape index (κ2) is 4.94. The molecule has 5 heteroatoms. The summed E-state index contributed by atoms with van der Waals surface area (Å²) < 4.78 is 5.02. The Morgan fingerprint density at radius 1 is 1.22 bits per heavy atom. The van der Waals surface area contributed by atoms with E-state index in [0.717, 1.165) is 38.4 Å². The van der Waals surface area contributed by atoms with Gasteiger partial charge in [0, 0.05) is 38.8 Å². The SMILES string of the molecule is O=C1OCC[C@@H]1N1CCN(c2ccccn2)CC1. The van der Waals surface area contributed by atoms with Crippen LogP contribution in [-0.4, -0.2) is 54.7 Å².